The summed E-state index contributed by atoms with van der Waals surface area (Å²) in [5.41, 5.74) is 2.23. The van der Waals surface area contributed by atoms with Crippen molar-refractivity contribution in [2.24, 2.45) is 0 Å². The second kappa shape index (κ2) is 20.6. The van der Waals surface area contributed by atoms with Gasteiger partial charge in [0.05, 0.1) is 11.4 Å². The number of halogens is 1. The number of carbonyl (C=O) groups excluding carboxylic acids is 2. The summed E-state index contributed by atoms with van der Waals surface area (Å²) in [7, 11) is 0. The van der Waals surface area contributed by atoms with Gasteiger partial charge in [-0.25, -0.2) is 0 Å². The topological polar surface area (TPSA) is 74.7 Å². The standard InChI is InChI=1S/C30H48BrNO4S/c1-4-5-6-7-8-9-10-11-12-13-14-15-16-17-18-19-29(36)37-23-27(33)32(22-28(34)35)30-24(2)20-21-26(31)25(30)3/h20-21H,4-19,22-23H2,1-3H3,(H,34,35). The maximum absolute atomic E-state index is 12.9. The minimum absolute atomic E-state index is 0.000931. The lowest BCUT2D eigenvalue weighted by Crippen LogP contribution is -2.38. The molecule has 0 saturated carbocycles. The van der Waals surface area contributed by atoms with Gasteiger partial charge in [-0.3, -0.25) is 19.3 Å². The van der Waals surface area contributed by atoms with Crippen LogP contribution < -0.4 is 4.90 Å². The molecule has 1 aromatic carbocycles. The number of carboxylic acid groups (broad SMARTS) is 1. The summed E-state index contributed by atoms with van der Waals surface area (Å²) >= 11 is 4.46. The van der Waals surface area contributed by atoms with Crippen LogP contribution in [0.4, 0.5) is 5.69 Å². The Bertz CT molecular complexity index is 830. The van der Waals surface area contributed by atoms with E-state index in [1.54, 1.807) is 0 Å². The average molecular weight is 599 g/mol. The molecular formula is C30H48BrNO4S. The van der Waals surface area contributed by atoms with E-state index in [9.17, 15) is 19.5 Å². The predicted molar refractivity (Wildman–Crippen MR) is 161 cm³/mol. The number of rotatable bonds is 21. The highest BCUT2D eigenvalue weighted by Gasteiger charge is 2.23. The van der Waals surface area contributed by atoms with Gasteiger partial charge in [-0.05, 0) is 37.5 Å². The molecule has 37 heavy (non-hydrogen) atoms. The van der Waals surface area contributed by atoms with Gasteiger partial charge in [0, 0.05) is 10.9 Å². The third-order valence-corrected chi connectivity index (χ3v) is 8.55. The van der Waals surface area contributed by atoms with Gasteiger partial charge in [-0.2, -0.15) is 0 Å². The van der Waals surface area contributed by atoms with E-state index in [1.807, 2.05) is 26.0 Å². The molecule has 0 radical (unpaired) electrons. The van der Waals surface area contributed by atoms with Gasteiger partial charge in [-0.15, -0.1) is 0 Å². The summed E-state index contributed by atoms with van der Waals surface area (Å²) in [4.78, 5) is 37.9. The van der Waals surface area contributed by atoms with Crippen LogP contribution in [-0.4, -0.2) is 34.4 Å². The van der Waals surface area contributed by atoms with Crippen molar-refractivity contribution in [2.45, 2.75) is 124 Å². The summed E-state index contributed by atoms with van der Waals surface area (Å²) in [5, 5.41) is 9.35. The molecule has 0 bridgehead atoms. The molecule has 5 nitrogen and oxygen atoms in total. The largest absolute Gasteiger partial charge is 0.480 e. The number of carboxylic acids is 1. The number of aliphatic carboxylic acids is 1. The number of amides is 1. The van der Waals surface area contributed by atoms with E-state index < -0.39 is 12.5 Å². The second-order valence-corrected chi connectivity index (χ2v) is 12.0. The monoisotopic (exact) mass is 597 g/mol. The zero-order valence-corrected chi connectivity index (χ0v) is 25.7. The van der Waals surface area contributed by atoms with E-state index in [4.69, 9.17) is 0 Å². The quantitative estimate of drug-likeness (QED) is 0.143. The first-order valence-electron chi connectivity index (χ1n) is 14.2. The molecule has 0 heterocycles. The molecule has 0 aliphatic heterocycles. The molecule has 0 aliphatic rings. The summed E-state index contributed by atoms with van der Waals surface area (Å²) < 4.78 is 0.813. The summed E-state index contributed by atoms with van der Waals surface area (Å²) in [5.74, 6) is -1.49. The molecule has 1 rings (SSSR count). The molecule has 210 valence electrons. The number of hydrogen-bond acceptors (Lipinski definition) is 4. The molecule has 0 fully saturated rings. The van der Waals surface area contributed by atoms with Crippen LogP contribution in [0, 0.1) is 13.8 Å². The number of carbonyl (C=O) groups is 3. The second-order valence-electron chi connectivity index (χ2n) is 10.1. The van der Waals surface area contributed by atoms with Crippen molar-refractivity contribution in [2.75, 3.05) is 17.2 Å². The van der Waals surface area contributed by atoms with Crippen molar-refractivity contribution in [1.82, 2.24) is 0 Å². The molecule has 1 N–H and O–H groups in total. The Balaban J connectivity index is 2.19. The minimum atomic E-state index is -1.08. The predicted octanol–water partition coefficient (Wildman–Crippen LogP) is 9.00. The van der Waals surface area contributed by atoms with Crippen LogP contribution in [-0.2, 0) is 14.4 Å². The normalized spacial score (nSPS) is 11.0. The number of nitrogens with zero attached hydrogens (tertiary/aromatic N) is 1. The van der Waals surface area contributed by atoms with Crippen LogP contribution in [0.1, 0.15) is 121 Å². The van der Waals surface area contributed by atoms with Crippen LogP contribution in [0.15, 0.2) is 16.6 Å². The number of hydrogen-bond donors (Lipinski definition) is 1. The fraction of sp³-hybridized carbons (Fsp3) is 0.700. The Morgan fingerprint density at radius 1 is 0.811 bits per heavy atom. The Hall–Kier alpha value is -1.34. The lowest BCUT2D eigenvalue weighted by molar-refractivity contribution is -0.136. The van der Waals surface area contributed by atoms with E-state index in [-0.39, 0.29) is 16.8 Å². The minimum Gasteiger partial charge on any atom is -0.480 e. The van der Waals surface area contributed by atoms with E-state index in [1.165, 1.54) is 81.9 Å². The number of anilines is 1. The summed E-state index contributed by atoms with van der Waals surface area (Å²) in [6, 6.07) is 3.73. The maximum atomic E-state index is 12.9. The fourth-order valence-electron chi connectivity index (χ4n) is 4.59. The summed E-state index contributed by atoms with van der Waals surface area (Å²) in [6.45, 7) is 5.54. The number of benzene rings is 1. The molecule has 1 aromatic rings. The third kappa shape index (κ3) is 15.0. The molecule has 0 aromatic heterocycles. The first-order valence-corrected chi connectivity index (χ1v) is 16.0. The van der Waals surface area contributed by atoms with Crippen LogP contribution in [0.2, 0.25) is 0 Å². The van der Waals surface area contributed by atoms with Crippen molar-refractivity contribution >= 4 is 50.4 Å². The average Bonchev–Trinajstić information content (AvgIpc) is 2.86. The number of unbranched alkanes of at least 4 members (excludes halogenated alkanes) is 14. The van der Waals surface area contributed by atoms with E-state index in [2.05, 4.69) is 22.9 Å². The van der Waals surface area contributed by atoms with Crippen molar-refractivity contribution in [3.05, 3.63) is 27.7 Å². The van der Waals surface area contributed by atoms with Crippen molar-refractivity contribution in [3.63, 3.8) is 0 Å². The van der Waals surface area contributed by atoms with Gasteiger partial charge in [0.15, 0.2) is 5.12 Å². The molecule has 0 atom stereocenters. The first kappa shape index (κ1) is 33.7. The smallest absolute Gasteiger partial charge is 0.323 e. The lowest BCUT2D eigenvalue weighted by Gasteiger charge is -2.25. The van der Waals surface area contributed by atoms with Gasteiger partial charge in [0.25, 0.3) is 0 Å². The first-order chi connectivity index (χ1) is 17.8. The van der Waals surface area contributed by atoms with Gasteiger partial charge in [0.2, 0.25) is 5.91 Å². The molecule has 1 amide bonds. The molecule has 0 aliphatic carbocycles. The third-order valence-electron chi connectivity index (χ3n) is 6.77. The van der Waals surface area contributed by atoms with Gasteiger partial charge in [-0.1, -0.05) is 131 Å². The van der Waals surface area contributed by atoms with Crippen LogP contribution in [0.3, 0.4) is 0 Å². The van der Waals surface area contributed by atoms with Crippen molar-refractivity contribution in [1.29, 1.82) is 0 Å². The Morgan fingerprint density at radius 2 is 1.30 bits per heavy atom. The highest BCUT2D eigenvalue weighted by Crippen LogP contribution is 2.31. The fourth-order valence-corrected chi connectivity index (χ4v) is 5.64. The Kier molecular flexibility index (Phi) is 18.8. The Labute approximate surface area is 237 Å². The molecular weight excluding hydrogens is 550 g/mol. The molecule has 0 saturated heterocycles. The number of thioether (sulfide) groups is 1. The maximum Gasteiger partial charge on any atom is 0.323 e. The van der Waals surface area contributed by atoms with E-state index >= 15 is 0 Å². The van der Waals surface area contributed by atoms with Crippen molar-refractivity contribution in [3.8, 4) is 0 Å². The van der Waals surface area contributed by atoms with Crippen molar-refractivity contribution < 1.29 is 19.5 Å². The highest BCUT2D eigenvalue weighted by atomic mass is 79.9. The van der Waals surface area contributed by atoms with Crippen LogP contribution >= 0.6 is 27.7 Å². The SMILES string of the molecule is CCCCCCCCCCCCCCCCCC(=O)SCC(=O)N(CC(=O)O)c1c(C)ccc(Br)c1C. The van der Waals surface area contributed by atoms with E-state index in [0.717, 1.165) is 46.6 Å². The van der Waals surface area contributed by atoms with Gasteiger partial charge >= 0.3 is 5.97 Å². The summed E-state index contributed by atoms with van der Waals surface area (Å²) in [6.07, 6.45) is 19.7. The van der Waals surface area contributed by atoms with Gasteiger partial charge in [0.1, 0.15) is 6.54 Å². The van der Waals surface area contributed by atoms with Gasteiger partial charge < -0.3 is 5.11 Å². The number of aryl methyl sites for hydroxylation is 1. The lowest BCUT2D eigenvalue weighted by atomic mass is 10.0. The zero-order chi connectivity index (χ0) is 27.5. The molecule has 0 spiro atoms. The molecule has 7 heteroatoms. The zero-order valence-electron chi connectivity index (χ0n) is 23.3. The highest BCUT2D eigenvalue weighted by molar-refractivity contribution is 9.10. The Morgan fingerprint density at radius 3 is 1.78 bits per heavy atom. The molecule has 0 unspecified atom stereocenters. The van der Waals surface area contributed by atoms with Crippen LogP contribution in [0.25, 0.3) is 0 Å². The van der Waals surface area contributed by atoms with Crippen LogP contribution in [0.5, 0.6) is 0 Å². The van der Waals surface area contributed by atoms with E-state index in [0.29, 0.717) is 12.1 Å².